The van der Waals surface area contributed by atoms with E-state index in [-0.39, 0.29) is 31.4 Å². The lowest BCUT2D eigenvalue weighted by molar-refractivity contribution is 0.292. The number of hydrogen-bond donors (Lipinski definition) is 3. The van der Waals surface area contributed by atoms with Crippen LogP contribution in [0.5, 0.6) is 17.2 Å². The lowest BCUT2D eigenvalue weighted by atomic mass is 10.1. The van der Waals surface area contributed by atoms with Crippen LogP contribution in [0.15, 0.2) is 12.1 Å². The number of halogens is 2. The van der Waals surface area contributed by atoms with Gasteiger partial charge in [-0.2, -0.15) is 0 Å². The summed E-state index contributed by atoms with van der Waals surface area (Å²) in [7, 11) is 4.83. The molecule has 0 amide bonds. The molecule has 1 aromatic carbocycles. The molecule has 0 aliphatic heterocycles. The highest BCUT2D eigenvalue weighted by molar-refractivity contribution is 5.85. The molecule has 6 nitrogen and oxygen atoms in total. The first-order chi connectivity index (χ1) is 10.3. The van der Waals surface area contributed by atoms with Crippen molar-refractivity contribution < 1.29 is 19.3 Å². The molecule has 0 spiro atoms. The van der Waals surface area contributed by atoms with Crippen molar-refractivity contribution in [2.24, 2.45) is 0 Å². The molecule has 8 heteroatoms. The van der Waals surface area contributed by atoms with Crippen molar-refractivity contribution in [2.45, 2.75) is 13.0 Å². The number of benzene rings is 1. The van der Waals surface area contributed by atoms with Gasteiger partial charge in [-0.05, 0) is 25.6 Å². The van der Waals surface area contributed by atoms with E-state index in [1.54, 1.807) is 21.3 Å². The highest BCUT2D eigenvalue weighted by atomic mass is 35.5. The summed E-state index contributed by atoms with van der Waals surface area (Å²) in [6.45, 7) is 3.29. The van der Waals surface area contributed by atoms with Crippen molar-refractivity contribution in [3.63, 3.8) is 0 Å². The van der Waals surface area contributed by atoms with Crippen LogP contribution in [0.2, 0.25) is 0 Å². The van der Waals surface area contributed by atoms with Crippen LogP contribution in [0.25, 0.3) is 0 Å². The molecule has 0 heterocycles. The van der Waals surface area contributed by atoms with Gasteiger partial charge in [-0.25, -0.2) is 0 Å². The summed E-state index contributed by atoms with van der Waals surface area (Å²) in [5.74, 6) is 1.97. The van der Waals surface area contributed by atoms with E-state index >= 15 is 0 Å². The van der Waals surface area contributed by atoms with Gasteiger partial charge in [-0.15, -0.1) is 24.8 Å². The molecular weight excluding hydrogens is 343 g/mol. The molecule has 23 heavy (non-hydrogen) atoms. The quantitative estimate of drug-likeness (QED) is 0.514. The van der Waals surface area contributed by atoms with Gasteiger partial charge in [-0.1, -0.05) is 6.07 Å². The molecule has 0 aromatic heterocycles. The summed E-state index contributed by atoms with van der Waals surface area (Å²) < 4.78 is 16.1. The van der Waals surface area contributed by atoms with Crippen molar-refractivity contribution in [1.82, 2.24) is 10.6 Å². The minimum Gasteiger partial charge on any atom is -0.493 e. The Labute approximate surface area is 150 Å². The van der Waals surface area contributed by atoms with E-state index in [0.29, 0.717) is 30.3 Å². The predicted octanol–water partition coefficient (Wildman–Crippen LogP) is 1.62. The summed E-state index contributed by atoms with van der Waals surface area (Å²) in [6.07, 6.45) is 0.996. The zero-order valence-corrected chi connectivity index (χ0v) is 15.5. The number of methoxy groups -OCH3 is 3. The average Bonchev–Trinajstić information content (AvgIpc) is 2.52. The van der Waals surface area contributed by atoms with Crippen molar-refractivity contribution in [3.05, 3.63) is 17.7 Å². The van der Waals surface area contributed by atoms with Crippen LogP contribution < -0.4 is 24.8 Å². The normalized spacial score (nSPS) is 9.57. The first kappa shape index (κ1) is 24.3. The summed E-state index contributed by atoms with van der Waals surface area (Å²) >= 11 is 0. The molecule has 1 rings (SSSR count). The Balaban J connectivity index is 0. The lowest BCUT2D eigenvalue weighted by Crippen LogP contribution is -2.24. The van der Waals surface area contributed by atoms with Gasteiger partial charge in [0.05, 0.1) is 27.9 Å². The lowest BCUT2D eigenvalue weighted by Gasteiger charge is -2.16. The molecule has 0 atom stereocenters. The topological polar surface area (TPSA) is 72.0 Å². The van der Waals surface area contributed by atoms with Crippen molar-refractivity contribution in [3.8, 4) is 17.2 Å². The van der Waals surface area contributed by atoms with Crippen molar-refractivity contribution >= 4 is 24.8 Å². The van der Waals surface area contributed by atoms with Crippen molar-refractivity contribution in [1.29, 1.82) is 0 Å². The van der Waals surface area contributed by atoms with Gasteiger partial charge >= 0.3 is 0 Å². The monoisotopic (exact) mass is 370 g/mol. The SMILES string of the molecule is COc1ccc(CNCCCNCCO)c(OC)c1OC.Cl.Cl. The largest absolute Gasteiger partial charge is 0.493 e. The molecule has 0 radical (unpaired) electrons. The predicted molar refractivity (Wildman–Crippen MR) is 96.9 cm³/mol. The molecule has 0 aliphatic rings. The molecule has 0 saturated carbocycles. The third-order valence-electron chi connectivity index (χ3n) is 3.10. The van der Waals surface area contributed by atoms with Crippen LogP contribution in [0.4, 0.5) is 0 Å². The molecule has 3 N–H and O–H groups in total. The van der Waals surface area contributed by atoms with Crippen LogP contribution in [0.1, 0.15) is 12.0 Å². The van der Waals surface area contributed by atoms with Crippen LogP contribution >= 0.6 is 24.8 Å². The van der Waals surface area contributed by atoms with Gasteiger partial charge in [0.15, 0.2) is 11.5 Å². The van der Waals surface area contributed by atoms with E-state index in [1.165, 1.54) is 0 Å². The zero-order chi connectivity index (χ0) is 15.5. The number of rotatable bonds is 11. The third-order valence-corrected chi connectivity index (χ3v) is 3.10. The highest BCUT2D eigenvalue weighted by Crippen LogP contribution is 2.39. The summed E-state index contributed by atoms with van der Waals surface area (Å²) in [5.41, 5.74) is 1.03. The second-order valence-corrected chi connectivity index (χ2v) is 4.50. The Bertz CT molecular complexity index is 423. The Morgan fingerprint density at radius 3 is 2.09 bits per heavy atom. The Morgan fingerprint density at radius 1 is 0.870 bits per heavy atom. The fraction of sp³-hybridized carbons (Fsp3) is 0.600. The molecule has 0 aliphatic carbocycles. The maximum Gasteiger partial charge on any atom is 0.203 e. The van der Waals surface area contributed by atoms with Gasteiger partial charge in [0.2, 0.25) is 5.75 Å². The number of hydrogen-bond acceptors (Lipinski definition) is 6. The molecule has 1 aromatic rings. The Morgan fingerprint density at radius 2 is 1.52 bits per heavy atom. The number of aliphatic hydroxyl groups is 1. The summed E-state index contributed by atoms with van der Waals surface area (Å²) in [4.78, 5) is 0. The molecule has 0 bridgehead atoms. The Hall–Kier alpha value is -0.920. The second kappa shape index (κ2) is 14.7. The standard InChI is InChI=1S/C15H26N2O4.2ClH/c1-19-13-6-5-12(14(20-2)15(13)21-3)11-17-8-4-7-16-9-10-18;;/h5-6,16-18H,4,7-11H2,1-3H3;2*1H. The maximum atomic E-state index is 8.65. The van der Waals surface area contributed by atoms with Gasteiger partial charge < -0.3 is 30.0 Å². The van der Waals surface area contributed by atoms with E-state index < -0.39 is 0 Å². The summed E-state index contributed by atoms with van der Waals surface area (Å²) in [5, 5.41) is 15.2. The van der Waals surface area contributed by atoms with Gasteiger partial charge in [0.25, 0.3) is 0 Å². The van der Waals surface area contributed by atoms with Gasteiger partial charge in [0, 0.05) is 18.7 Å². The highest BCUT2D eigenvalue weighted by Gasteiger charge is 2.15. The number of nitrogens with one attached hydrogen (secondary N) is 2. The molecule has 136 valence electrons. The third kappa shape index (κ3) is 7.94. The van der Waals surface area contributed by atoms with Gasteiger partial charge in [0.1, 0.15) is 0 Å². The van der Waals surface area contributed by atoms with Crippen LogP contribution in [0.3, 0.4) is 0 Å². The van der Waals surface area contributed by atoms with E-state index in [9.17, 15) is 0 Å². The molecule has 0 fully saturated rings. The summed E-state index contributed by atoms with van der Waals surface area (Å²) in [6, 6.07) is 3.85. The first-order valence-corrected chi connectivity index (χ1v) is 7.08. The zero-order valence-electron chi connectivity index (χ0n) is 13.9. The van der Waals surface area contributed by atoms with Crippen LogP contribution in [-0.4, -0.2) is 52.7 Å². The van der Waals surface area contributed by atoms with Crippen molar-refractivity contribution in [2.75, 3.05) is 47.6 Å². The smallest absolute Gasteiger partial charge is 0.203 e. The van der Waals surface area contributed by atoms with Gasteiger partial charge in [-0.3, -0.25) is 0 Å². The molecule has 0 unspecified atom stereocenters. The number of aliphatic hydroxyl groups excluding tert-OH is 1. The van der Waals surface area contributed by atoms with E-state index in [0.717, 1.165) is 25.1 Å². The van der Waals surface area contributed by atoms with E-state index in [4.69, 9.17) is 19.3 Å². The second-order valence-electron chi connectivity index (χ2n) is 4.50. The minimum atomic E-state index is 0. The first-order valence-electron chi connectivity index (χ1n) is 7.08. The van der Waals surface area contributed by atoms with Crippen LogP contribution in [-0.2, 0) is 6.54 Å². The van der Waals surface area contributed by atoms with Crippen LogP contribution in [0, 0.1) is 0 Å². The minimum absolute atomic E-state index is 0. The van der Waals surface area contributed by atoms with E-state index in [1.807, 2.05) is 12.1 Å². The molecular formula is C15H28Cl2N2O4. The Kier molecular flexibility index (Phi) is 15.5. The average molecular weight is 371 g/mol. The fourth-order valence-electron chi connectivity index (χ4n) is 2.07. The fourth-order valence-corrected chi connectivity index (χ4v) is 2.07. The molecule has 0 saturated heterocycles. The number of ether oxygens (including phenoxy) is 3. The van der Waals surface area contributed by atoms with E-state index in [2.05, 4.69) is 10.6 Å². The maximum absolute atomic E-state index is 8.65.